The molecule has 0 saturated carbocycles. The molecule has 1 heterocycles. The van der Waals surface area contributed by atoms with E-state index in [9.17, 15) is 4.79 Å². The summed E-state index contributed by atoms with van der Waals surface area (Å²) in [4.78, 5) is 11.6. The minimum absolute atomic E-state index is 0.0177. The standard InChI is InChI=1S/C10H20N2O3/c1-7-4-8(2-3-11-7)10(15)12-5-9(14)6-13/h7-9,11,13-14H,2-6H2,1H3,(H,12,15). The summed E-state index contributed by atoms with van der Waals surface area (Å²) in [5.41, 5.74) is 0. The van der Waals surface area contributed by atoms with E-state index < -0.39 is 6.10 Å². The molecule has 0 spiro atoms. The van der Waals surface area contributed by atoms with Crippen molar-refractivity contribution in [3.8, 4) is 0 Å². The molecule has 0 aliphatic carbocycles. The molecule has 4 N–H and O–H groups in total. The maximum Gasteiger partial charge on any atom is 0.223 e. The lowest BCUT2D eigenvalue weighted by atomic mass is 9.92. The van der Waals surface area contributed by atoms with Gasteiger partial charge in [0.1, 0.15) is 0 Å². The molecule has 0 aromatic rings. The maximum absolute atomic E-state index is 11.6. The lowest BCUT2D eigenvalue weighted by molar-refractivity contribution is -0.126. The average molecular weight is 216 g/mol. The summed E-state index contributed by atoms with van der Waals surface area (Å²) in [7, 11) is 0. The van der Waals surface area contributed by atoms with E-state index in [1.807, 2.05) is 0 Å². The zero-order valence-corrected chi connectivity index (χ0v) is 9.07. The molecule has 5 nitrogen and oxygen atoms in total. The van der Waals surface area contributed by atoms with Gasteiger partial charge in [0.15, 0.2) is 0 Å². The number of amides is 1. The summed E-state index contributed by atoms with van der Waals surface area (Å²) in [6.45, 7) is 2.74. The molecular weight excluding hydrogens is 196 g/mol. The Morgan fingerprint density at radius 3 is 3.00 bits per heavy atom. The molecule has 0 radical (unpaired) electrons. The molecule has 1 rings (SSSR count). The summed E-state index contributed by atoms with van der Waals surface area (Å²) in [6.07, 6.45) is 0.819. The van der Waals surface area contributed by atoms with E-state index in [-0.39, 0.29) is 25.0 Å². The Morgan fingerprint density at radius 1 is 1.67 bits per heavy atom. The van der Waals surface area contributed by atoms with Gasteiger partial charge in [0.05, 0.1) is 12.7 Å². The molecule has 1 amide bonds. The van der Waals surface area contributed by atoms with E-state index in [0.717, 1.165) is 19.4 Å². The summed E-state index contributed by atoms with van der Waals surface area (Å²) in [6, 6.07) is 0.372. The summed E-state index contributed by atoms with van der Waals surface area (Å²) >= 11 is 0. The summed E-state index contributed by atoms with van der Waals surface area (Å²) < 4.78 is 0. The largest absolute Gasteiger partial charge is 0.394 e. The first-order valence-corrected chi connectivity index (χ1v) is 5.43. The van der Waals surface area contributed by atoms with Crippen LogP contribution in [0.15, 0.2) is 0 Å². The third-order valence-corrected chi connectivity index (χ3v) is 2.72. The van der Waals surface area contributed by atoms with Gasteiger partial charge in [0, 0.05) is 18.5 Å². The Labute approximate surface area is 89.9 Å². The van der Waals surface area contributed by atoms with Crippen molar-refractivity contribution in [2.24, 2.45) is 5.92 Å². The number of hydrogen-bond donors (Lipinski definition) is 4. The van der Waals surface area contributed by atoms with E-state index in [0.29, 0.717) is 6.04 Å². The van der Waals surface area contributed by atoms with Gasteiger partial charge in [-0.15, -0.1) is 0 Å². The van der Waals surface area contributed by atoms with E-state index in [1.165, 1.54) is 0 Å². The van der Waals surface area contributed by atoms with Gasteiger partial charge in [-0.3, -0.25) is 4.79 Å². The molecule has 5 heteroatoms. The highest BCUT2D eigenvalue weighted by Crippen LogP contribution is 2.15. The Balaban J connectivity index is 2.26. The Morgan fingerprint density at radius 2 is 2.40 bits per heavy atom. The van der Waals surface area contributed by atoms with E-state index in [2.05, 4.69) is 17.6 Å². The van der Waals surface area contributed by atoms with Crippen LogP contribution in [-0.4, -0.2) is 48.0 Å². The summed E-state index contributed by atoms with van der Waals surface area (Å²) in [5, 5.41) is 23.6. The van der Waals surface area contributed by atoms with Gasteiger partial charge in [-0.05, 0) is 26.3 Å². The molecule has 0 aromatic carbocycles. The van der Waals surface area contributed by atoms with Crippen molar-refractivity contribution >= 4 is 5.91 Å². The van der Waals surface area contributed by atoms with Crippen LogP contribution >= 0.6 is 0 Å². The average Bonchev–Trinajstić information content (AvgIpc) is 2.25. The van der Waals surface area contributed by atoms with Gasteiger partial charge < -0.3 is 20.8 Å². The molecule has 1 aliphatic heterocycles. The molecular formula is C10H20N2O3. The van der Waals surface area contributed by atoms with Crippen LogP contribution in [0.2, 0.25) is 0 Å². The fourth-order valence-electron chi connectivity index (χ4n) is 1.80. The first kappa shape index (κ1) is 12.4. The first-order chi connectivity index (χ1) is 7.13. The highest BCUT2D eigenvalue weighted by molar-refractivity contribution is 5.78. The minimum atomic E-state index is -0.854. The number of aliphatic hydroxyl groups is 2. The van der Waals surface area contributed by atoms with Gasteiger partial charge in [0.2, 0.25) is 5.91 Å². The second kappa shape index (κ2) is 6.05. The van der Waals surface area contributed by atoms with Crippen molar-refractivity contribution in [3.63, 3.8) is 0 Å². The van der Waals surface area contributed by atoms with Crippen molar-refractivity contribution in [1.82, 2.24) is 10.6 Å². The van der Waals surface area contributed by atoms with Gasteiger partial charge in [-0.1, -0.05) is 0 Å². The number of hydrogen-bond acceptors (Lipinski definition) is 4. The summed E-state index contributed by atoms with van der Waals surface area (Å²) in [5.74, 6) is 0.0167. The Hall–Kier alpha value is -0.650. The van der Waals surface area contributed by atoms with Crippen LogP contribution in [0.25, 0.3) is 0 Å². The van der Waals surface area contributed by atoms with Crippen LogP contribution in [-0.2, 0) is 4.79 Å². The van der Waals surface area contributed by atoms with Crippen LogP contribution in [0.4, 0.5) is 0 Å². The SMILES string of the molecule is CC1CC(C(=O)NCC(O)CO)CCN1. The van der Waals surface area contributed by atoms with Crippen molar-refractivity contribution in [2.75, 3.05) is 19.7 Å². The van der Waals surface area contributed by atoms with Crippen molar-refractivity contribution in [1.29, 1.82) is 0 Å². The Bertz CT molecular complexity index is 211. The number of carbonyl (C=O) groups is 1. The van der Waals surface area contributed by atoms with Crippen molar-refractivity contribution in [3.05, 3.63) is 0 Å². The predicted octanol–water partition coefficient (Wildman–Crippen LogP) is -1.16. The lowest BCUT2D eigenvalue weighted by Crippen LogP contribution is -2.44. The molecule has 3 unspecified atom stereocenters. The van der Waals surface area contributed by atoms with Crippen LogP contribution in [0, 0.1) is 5.92 Å². The fourth-order valence-corrected chi connectivity index (χ4v) is 1.80. The molecule has 1 fully saturated rings. The smallest absolute Gasteiger partial charge is 0.223 e. The molecule has 15 heavy (non-hydrogen) atoms. The van der Waals surface area contributed by atoms with E-state index >= 15 is 0 Å². The second-order valence-electron chi connectivity index (χ2n) is 4.16. The Kier molecular flexibility index (Phi) is 5.01. The quantitative estimate of drug-likeness (QED) is 0.478. The number of aliphatic hydroxyl groups excluding tert-OH is 2. The maximum atomic E-state index is 11.6. The zero-order valence-electron chi connectivity index (χ0n) is 9.07. The zero-order chi connectivity index (χ0) is 11.3. The highest BCUT2D eigenvalue weighted by Gasteiger charge is 2.24. The molecule has 0 bridgehead atoms. The van der Waals surface area contributed by atoms with Crippen LogP contribution in [0.1, 0.15) is 19.8 Å². The van der Waals surface area contributed by atoms with Crippen LogP contribution in [0.3, 0.4) is 0 Å². The van der Waals surface area contributed by atoms with Gasteiger partial charge in [0.25, 0.3) is 0 Å². The van der Waals surface area contributed by atoms with E-state index in [1.54, 1.807) is 0 Å². The van der Waals surface area contributed by atoms with Gasteiger partial charge in [-0.2, -0.15) is 0 Å². The fraction of sp³-hybridized carbons (Fsp3) is 0.900. The second-order valence-corrected chi connectivity index (χ2v) is 4.16. The monoisotopic (exact) mass is 216 g/mol. The normalized spacial score (nSPS) is 28.5. The number of rotatable bonds is 4. The molecule has 88 valence electrons. The molecule has 1 saturated heterocycles. The number of carbonyl (C=O) groups excluding carboxylic acids is 1. The molecule has 0 aromatic heterocycles. The molecule has 3 atom stereocenters. The number of piperidine rings is 1. The third-order valence-electron chi connectivity index (χ3n) is 2.72. The van der Waals surface area contributed by atoms with E-state index in [4.69, 9.17) is 10.2 Å². The topological polar surface area (TPSA) is 81.6 Å². The lowest BCUT2D eigenvalue weighted by Gasteiger charge is -2.27. The first-order valence-electron chi connectivity index (χ1n) is 5.43. The number of nitrogens with one attached hydrogen (secondary N) is 2. The van der Waals surface area contributed by atoms with Crippen molar-refractivity contribution < 1.29 is 15.0 Å². The van der Waals surface area contributed by atoms with Crippen LogP contribution < -0.4 is 10.6 Å². The highest BCUT2D eigenvalue weighted by atomic mass is 16.3. The van der Waals surface area contributed by atoms with Crippen molar-refractivity contribution in [2.45, 2.75) is 31.9 Å². The minimum Gasteiger partial charge on any atom is -0.394 e. The predicted molar refractivity (Wildman–Crippen MR) is 56.3 cm³/mol. The van der Waals surface area contributed by atoms with Gasteiger partial charge in [-0.25, -0.2) is 0 Å². The molecule has 1 aliphatic rings. The third kappa shape index (κ3) is 4.15. The van der Waals surface area contributed by atoms with Gasteiger partial charge >= 0.3 is 0 Å². The van der Waals surface area contributed by atoms with Crippen LogP contribution in [0.5, 0.6) is 0 Å².